The quantitative estimate of drug-likeness (QED) is 0.798. The number of amides is 2. The Morgan fingerprint density at radius 3 is 1.32 bits per heavy atom. The van der Waals surface area contributed by atoms with Crippen LogP contribution in [0.3, 0.4) is 0 Å². The summed E-state index contributed by atoms with van der Waals surface area (Å²) in [5, 5.41) is 14.6. The number of carboxylic acid groups (broad SMARTS) is 1. The van der Waals surface area contributed by atoms with Gasteiger partial charge in [0.25, 0.3) is 0 Å². The van der Waals surface area contributed by atoms with E-state index in [0.717, 1.165) is 0 Å². The Labute approximate surface area is 130 Å². The third kappa shape index (κ3) is 4.31. The lowest BCUT2D eigenvalue weighted by molar-refractivity contribution is -0.115. The van der Waals surface area contributed by atoms with Crippen molar-refractivity contribution in [2.45, 2.75) is 48.5 Å². The lowest BCUT2D eigenvalue weighted by Gasteiger charge is -2.20. The molecule has 0 atom stereocenters. The molecule has 1 rings (SSSR count). The van der Waals surface area contributed by atoms with Gasteiger partial charge in [0.2, 0.25) is 11.8 Å². The van der Waals surface area contributed by atoms with Crippen LogP contribution in [0.2, 0.25) is 0 Å². The lowest BCUT2D eigenvalue weighted by Crippen LogP contribution is -2.17. The molecule has 0 fully saturated rings. The van der Waals surface area contributed by atoms with Gasteiger partial charge in [0.1, 0.15) is 0 Å². The molecule has 0 heterocycles. The molecule has 0 aliphatic heterocycles. The second-order valence-electron chi connectivity index (χ2n) is 4.67. The van der Waals surface area contributed by atoms with E-state index in [1.165, 1.54) is 13.8 Å². The highest BCUT2D eigenvalue weighted by Gasteiger charge is 2.22. The second kappa shape index (κ2) is 8.17. The molecule has 0 aliphatic carbocycles. The molecule has 0 aromatic heterocycles. The summed E-state index contributed by atoms with van der Waals surface area (Å²) in [7, 11) is 0. The zero-order valence-electron chi connectivity index (χ0n) is 14.2. The van der Waals surface area contributed by atoms with Crippen LogP contribution in [0.15, 0.2) is 0 Å². The highest BCUT2D eigenvalue weighted by Crippen LogP contribution is 2.34. The number of carbonyl (C=O) groups excluding carboxylic acids is 2. The van der Waals surface area contributed by atoms with Gasteiger partial charge in [0.15, 0.2) is 0 Å². The van der Waals surface area contributed by atoms with Crippen molar-refractivity contribution in [1.29, 1.82) is 0 Å². The van der Waals surface area contributed by atoms with Crippen LogP contribution in [0.5, 0.6) is 0 Å². The van der Waals surface area contributed by atoms with Crippen molar-refractivity contribution < 1.29 is 19.5 Å². The molecule has 6 nitrogen and oxygen atoms in total. The van der Waals surface area contributed by atoms with Gasteiger partial charge in [-0.15, -0.1) is 0 Å². The molecule has 3 N–H and O–H groups in total. The van der Waals surface area contributed by atoms with E-state index in [1.54, 1.807) is 20.8 Å². The van der Waals surface area contributed by atoms with Gasteiger partial charge >= 0.3 is 5.97 Å². The minimum atomic E-state index is -1.10. The molecule has 0 saturated heterocycles. The maximum absolute atomic E-state index is 11.4. The van der Waals surface area contributed by atoms with Crippen molar-refractivity contribution in [1.82, 2.24) is 0 Å². The van der Waals surface area contributed by atoms with Crippen molar-refractivity contribution in [3.05, 3.63) is 22.3 Å². The first-order chi connectivity index (χ1) is 10.2. The van der Waals surface area contributed by atoms with Crippen molar-refractivity contribution in [3.8, 4) is 0 Å². The molecule has 1 aromatic rings. The molecule has 122 valence electrons. The molecule has 0 spiro atoms. The second-order valence-corrected chi connectivity index (χ2v) is 4.67. The number of hydrogen-bond donors (Lipinski definition) is 3. The molecule has 0 saturated carbocycles. The first-order valence-electron chi connectivity index (χ1n) is 7.09. The Kier molecular flexibility index (Phi) is 7.29. The van der Waals surface area contributed by atoms with Gasteiger partial charge in [0.05, 0.1) is 5.56 Å². The highest BCUT2D eigenvalue weighted by molar-refractivity contribution is 6.02. The minimum Gasteiger partial charge on any atom is -0.478 e. The number of carboxylic acids is 1. The number of aromatic carboxylic acids is 1. The van der Waals surface area contributed by atoms with Crippen molar-refractivity contribution in [2.75, 3.05) is 10.6 Å². The Bertz CT molecular complexity index is 564. The van der Waals surface area contributed by atoms with Crippen LogP contribution in [-0.4, -0.2) is 22.9 Å². The molecule has 0 radical (unpaired) electrons. The van der Waals surface area contributed by atoms with Gasteiger partial charge in [-0.3, -0.25) is 9.59 Å². The molecular weight excluding hydrogens is 284 g/mol. The molecule has 0 bridgehead atoms. The van der Waals surface area contributed by atoms with Gasteiger partial charge in [-0.1, -0.05) is 13.8 Å². The van der Waals surface area contributed by atoms with Crippen LogP contribution < -0.4 is 10.6 Å². The minimum absolute atomic E-state index is 0.0862. The van der Waals surface area contributed by atoms with Crippen LogP contribution >= 0.6 is 0 Å². The Morgan fingerprint density at radius 1 is 0.773 bits per heavy atom. The average molecular weight is 308 g/mol. The van der Waals surface area contributed by atoms with Crippen LogP contribution in [0.25, 0.3) is 0 Å². The fraction of sp³-hybridized carbons (Fsp3) is 0.438. The van der Waals surface area contributed by atoms with E-state index in [2.05, 4.69) is 10.6 Å². The number of rotatable bonds is 3. The molecule has 0 aliphatic rings. The third-order valence-electron chi connectivity index (χ3n) is 3.07. The van der Waals surface area contributed by atoms with Crippen LogP contribution in [-0.2, 0) is 9.59 Å². The molecule has 22 heavy (non-hydrogen) atoms. The van der Waals surface area contributed by atoms with E-state index in [4.69, 9.17) is 0 Å². The van der Waals surface area contributed by atoms with Crippen molar-refractivity contribution in [2.24, 2.45) is 0 Å². The summed E-state index contributed by atoms with van der Waals surface area (Å²) in [5.74, 6) is -1.70. The monoisotopic (exact) mass is 308 g/mol. The summed E-state index contributed by atoms with van der Waals surface area (Å²) in [6.45, 7) is 11.7. The number of hydrogen-bond acceptors (Lipinski definition) is 3. The predicted octanol–water partition coefficient (Wildman–Crippen LogP) is 3.25. The normalized spacial score (nSPS) is 9.41. The van der Waals surface area contributed by atoms with Crippen LogP contribution in [0.1, 0.15) is 54.7 Å². The maximum atomic E-state index is 11.4. The highest BCUT2D eigenvalue weighted by atomic mass is 16.4. The Balaban J connectivity index is 0.00000211. The van der Waals surface area contributed by atoms with E-state index in [-0.39, 0.29) is 17.4 Å². The van der Waals surface area contributed by atoms with E-state index >= 15 is 0 Å². The fourth-order valence-corrected chi connectivity index (χ4v) is 2.27. The van der Waals surface area contributed by atoms with Gasteiger partial charge in [-0.2, -0.15) is 0 Å². The standard InChI is InChI=1S/C14H18N2O4.C2H6/c1-6-11(14(19)20)7(2)13(16-10(5)18)8(3)12(6)15-9(4)17;1-2/h1-5H3,(H,15,17)(H,16,18)(H,19,20);1-2H3. The van der Waals surface area contributed by atoms with Crippen LogP contribution in [0.4, 0.5) is 11.4 Å². The molecule has 2 amide bonds. The lowest BCUT2D eigenvalue weighted by atomic mass is 9.94. The van der Waals surface area contributed by atoms with Crippen molar-refractivity contribution >= 4 is 29.2 Å². The van der Waals surface area contributed by atoms with Crippen molar-refractivity contribution in [3.63, 3.8) is 0 Å². The topological polar surface area (TPSA) is 95.5 Å². The Morgan fingerprint density at radius 2 is 1.09 bits per heavy atom. The zero-order chi connectivity index (χ0) is 17.6. The van der Waals surface area contributed by atoms with Gasteiger partial charge in [0, 0.05) is 25.2 Å². The average Bonchev–Trinajstić information content (AvgIpc) is 2.41. The summed E-state index contributed by atoms with van der Waals surface area (Å²) >= 11 is 0. The van der Waals surface area contributed by atoms with E-state index < -0.39 is 5.97 Å². The SMILES string of the molecule is CC.CC(=O)Nc1c(C)c(NC(C)=O)c(C)c(C(=O)O)c1C. The summed E-state index contributed by atoms with van der Waals surface area (Å²) < 4.78 is 0. The van der Waals surface area contributed by atoms with E-state index in [0.29, 0.717) is 28.1 Å². The van der Waals surface area contributed by atoms with E-state index in [1.807, 2.05) is 13.8 Å². The smallest absolute Gasteiger partial charge is 0.336 e. The summed E-state index contributed by atoms with van der Waals surface area (Å²) in [4.78, 5) is 33.9. The van der Waals surface area contributed by atoms with Crippen LogP contribution in [0, 0.1) is 20.8 Å². The fourth-order valence-electron chi connectivity index (χ4n) is 2.27. The summed E-state index contributed by atoms with van der Waals surface area (Å²) in [5.41, 5.74) is 2.50. The first-order valence-corrected chi connectivity index (χ1v) is 7.09. The van der Waals surface area contributed by atoms with Gasteiger partial charge in [-0.05, 0) is 37.5 Å². The molecular formula is C16H24N2O4. The van der Waals surface area contributed by atoms with Gasteiger partial charge in [-0.25, -0.2) is 4.79 Å². The molecule has 0 unspecified atom stereocenters. The predicted molar refractivity (Wildman–Crippen MR) is 87.6 cm³/mol. The number of carbonyl (C=O) groups is 3. The maximum Gasteiger partial charge on any atom is 0.336 e. The summed E-state index contributed by atoms with van der Waals surface area (Å²) in [6.07, 6.45) is 0. The summed E-state index contributed by atoms with van der Waals surface area (Å²) in [6, 6.07) is 0. The molecule has 1 aromatic carbocycles. The Hall–Kier alpha value is -2.37. The zero-order valence-corrected chi connectivity index (χ0v) is 14.2. The third-order valence-corrected chi connectivity index (χ3v) is 3.07. The molecule has 6 heteroatoms. The van der Waals surface area contributed by atoms with Gasteiger partial charge < -0.3 is 15.7 Å². The number of anilines is 2. The number of nitrogens with one attached hydrogen (secondary N) is 2. The number of benzene rings is 1. The van der Waals surface area contributed by atoms with E-state index in [9.17, 15) is 19.5 Å². The first kappa shape index (κ1) is 19.6. The largest absolute Gasteiger partial charge is 0.478 e.